The minimum Gasteiger partial charge on any atom is -0.398 e. The van der Waals surface area contributed by atoms with E-state index in [4.69, 9.17) is 5.73 Å². The van der Waals surface area contributed by atoms with Crippen molar-refractivity contribution >= 4 is 6.29 Å². The third-order valence-electron chi connectivity index (χ3n) is 1.07. The van der Waals surface area contributed by atoms with Gasteiger partial charge in [0.2, 0.25) is 0 Å². The van der Waals surface area contributed by atoms with Crippen molar-refractivity contribution in [1.82, 2.24) is 0 Å². The lowest BCUT2D eigenvalue weighted by Crippen LogP contribution is -2.01. The summed E-state index contributed by atoms with van der Waals surface area (Å²) in [6, 6.07) is 0. The van der Waals surface area contributed by atoms with E-state index in [1.165, 1.54) is 6.08 Å². The highest BCUT2D eigenvalue weighted by Crippen LogP contribution is 1.98. The van der Waals surface area contributed by atoms with Crippen LogP contribution in [0.4, 0.5) is 0 Å². The molecule has 0 spiro atoms. The molecular formula is C10H17NO. The zero-order valence-electron chi connectivity index (χ0n) is 8.00. The summed E-state index contributed by atoms with van der Waals surface area (Å²) in [7, 11) is 0. The summed E-state index contributed by atoms with van der Waals surface area (Å²) >= 11 is 0. The van der Waals surface area contributed by atoms with Gasteiger partial charge in [0.25, 0.3) is 0 Å². The topological polar surface area (TPSA) is 43.1 Å². The number of aldehydes is 1. The van der Waals surface area contributed by atoms with Crippen LogP contribution in [0.1, 0.15) is 20.8 Å². The maximum Gasteiger partial charge on any atom is 0.152 e. The van der Waals surface area contributed by atoms with E-state index in [2.05, 4.69) is 6.58 Å². The van der Waals surface area contributed by atoms with Crippen LogP contribution in [-0.2, 0) is 4.79 Å². The lowest BCUT2D eigenvalue weighted by atomic mass is 10.2. The molecular weight excluding hydrogens is 150 g/mol. The average molecular weight is 167 g/mol. The smallest absolute Gasteiger partial charge is 0.152 e. The first kappa shape index (κ1) is 13.3. The van der Waals surface area contributed by atoms with E-state index < -0.39 is 0 Å². The van der Waals surface area contributed by atoms with Crippen molar-refractivity contribution in [3.05, 3.63) is 36.1 Å². The molecule has 0 bridgehead atoms. The van der Waals surface area contributed by atoms with Crippen LogP contribution in [0, 0.1) is 0 Å². The highest BCUT2D eigenvalue weighted by molar-refractivity contribution is 5.80. The van der Waals surface area contributed by atoms with Crippen molar-refractivity contribution in [2.24, 2.45) is 5.73 Å². The van der Waals surface area contributed by atoms with E-state index >= 15 is 0 Å². The molecule has 0 radical (unpaired) electrons. The molecule has 0 aromatic heterocycles. The third kappa shape index (κ3) is 5.47. The van der Waals surface area contributed by atoms with E-state index in [9.17, 15) is 4.79 Å². The molecule has 0 fully saturated rings. The van der Waals surface area contributed by atoms with E-state index in [0.717, 1.165) is 0 Å². The summed E-state index contributed by atoms with van der Waals surface area (Å²) in [5, 5.41) is 0. The molecule has 0 saturated carbocycles. The molecule has 0 saturated heterocycles. The Morgan fingerprint density at radius 2 is 1.92 bits per heavy atom. The molecule has 0 aromatic rings. The van der Waals surface area contributed by atoms with Gasteiger partial charge in [-0.1, -0.05) is 38.7 Å². The fourth-order valence-corrected chi connectivity index (χ4v) is 0.497. The van der Waals surface area contributed by atoms with Gasteiger partial charge in [-0.05, 0) is 6.92 Å². The van der Waals surface area contributed by atoms with Gasteiger partial charge in [-0.3, -0.25) is 4.79 Å². The first-order chi connectivity index (χ1) is 5.76. The SMILES string of the molecule is C=C/C=C(C=O)\C(N)=C/C.CC. The highest BCUT2D eigenvalue weighted by Gasteiger charge is 1.93. The van der Waals surface area contributed by atoms with Gasteiger partial charge < -0.3 is 5.73 Å². The minimum absolute atomic E-state index is 0.470. The molecule has 0 unspecified atom stereocenters. The molecule has 0 atom stereocenters. The van der Waals surface area contributed by atoms with Gasteiger partial charge in [0.05, 0.1) is 0 Å². The normalized spacial score (nSPS) is 11.2. The van der Waals surface area contributed by atoms with Gasteiger partial charge in [-0.25, -0.2) is 0 Å². The maximum absolute atomic E-state index is 10.3. The van der Waals surface area contributed by atoms with Crippen LogP contribution < -0.4 is 5.73 Å². The van der Waals surface area contributed by atoms with Gasteiger partial charge in [-0.2, -0.15) is 0 Å². The second-order valence-electron chi connectivity index (χ2n) is 1.72. The van der Waals surface area contributed by atoms with Crippen molar-refractivity contribution in [2.45, 2.75) is 20.8 Å². The molecule has 68 valence electrons. The van der Waals surface area contributed by atoms with E-state index in [0.29, 0.717) is 17.6 Å². The maximum atomic E-state index is 10.3. The van der Waals surface area contributed by atoms with Crippen molar-refractivity contribution in [2.75, 3.05) is 0 Å². The molecule has 2 nitrogen and oxygen atoms in total. The van der Waals surface area contributed by atoms with E-state index in [1.54, 1.807) is 19.1 Å². The van der Waals surface area contributed by atoms with E-state index in [1.807, 2.05) is 13.8 Å². The molecule has 0 rings (SSSR count). The average Bonchev–Trinajstić information content (AvgIpc) is 2.16. The molecule has 0 aromatic carbocycles. The molecule has 0 aliphatic rings. The van der Waals surface area contributed by atoms with Crippen LogP contribution in [0.3, 0.4) is 0 Å². The second-order valence-corrected chi connectivity index (χ2v) is 1.72. The lowest BCUT2D eigenvalue weighted by Gasteiger charge is -1.94. The number of hydrogen-bond donors (Lipinski definition) is 1. The van der Waals surface area contributed by atoms with Crippen LogP contribution >= 0.6 is 0 Å². The van der Waals surface area contributed by atoms with Gasteiger partial charge in [0.1, 0.15) is 0 Å². The van der Waals surface area contributed by atoms with Gasteiger partial charge in [-0.15, -0.1) is 0 Å². The van der Waals surface area contributed by atoms with Crippen LogP contribution in [0.15, 0.2) is 36.1 Å². The summed E-state index contributed by atoms with van der Waals surface area (Å²) in [4.78, 5) is 10.3. The Labute approximate surface area is 74.5 Å². The van der Waals surface area contributed by atoms with Crippen LogP contribution in [0.25, 0.3) is 0 Å². The highest BCUT2D eigenvalue weighted by atomic mass is 16.1. The Morgan fingerprint density at radius 3 is 2.17 bits per heavy atom. The third-order valence-corrected chi connectivity index (χ3v) is 1.07. The molecule has 0 amide bonds. The summed E-state index contributed by atoms with van der Waals surface area (Å²) in [6.07, 6.45) is 5.48. The molecule has 12 heavy (non-hydrogen) atoms. The van der Waals surface area contributed by atoms with Gasteiger partial charge in [0.15, 0.2) is 6.29 Å². The molecule has 2 heteroatoms. The summed E-state index contributed by atoms with van der Waals surface area (Å²) < 4.78 is 0. The lowest BCUT2D eigenvalue weighted by molar-refractivity contribution is -0.104. The molecule has 0 aliphatic carbocycles. The Hall–Kier alpha value is -1.31. The van der Waals surface area contributed by atoms with Crippen LogP contribution in [0.5, 0.6) is 0 Å². The van der Waals surface area contributed by atoms with Crippen molar-refractivity contribution < 1.29 is 4.79 Å². The second kappa shape index (κ2) is 9.69. The summed E-state index contributed by atoms with van der Waals surface area (Å²) in [5.41, 5.74) is 6.38. The van der Waals surface area contributed by atoms with Crippen molar-refractivity contribution in [3.63, 3.8) is 0 Å². The summed E-state index contributed by atoms with van der Waals surface area (Å²) in [5.74, 6) is 0. The summed E-state index contributed by atoms with van der Waals surface area (Å²) in [6.45, 7) is 9.22. The van der Waals surface area contributed by atoms with Crippen molar-refractivity contribution in [3.8, 4) is 0 Å². The monoisotopic (exact) mass is 167 g/mol. The Morgan fingerprint density at radius 1 is 1.42 bits per heavy atom. The Kier molecular flexibility index (Phi) is 10.7. The van der Waals surface area contributed by atoms with Gasteiger partial charge >= 0.3 is 0 Å². The van der Waals surface area contributed by atoms with Crippen LogP contribution in [-0.4, -0.2) is 6.29 Å². The van der Waals surface area contributed by atoms with Crippen LogP contribution in [0.2, 0.25) is 0 Å². The number of carbonyl (C=O) groups excluding carboxylic acids is 1. The number of carbonyl (C=O) groups is 1. The fraction of sp³-hybridized carbons (Fsp3) is 0.300. The first-order valence-electron chi connectivity index (χ1n) is 3.96. The minimum atomic E-state index is 0.470. The predicted molar refractivity (Wildman–Crippen MR) is 53.6 cm³/mol. The zero-order chi connectivity index (χ0) is 9.98. The number of hydrogen-bond acceptors (Lipinski definition) is 2. The first-order valence-corrected chi connectivity index (χ1v) is 3.96. The number of rotatable bonds is 3. The quantitative estimate of drug-likeness (QED) is 0.398. The predicted octanol–water partition coefficient (Wildman–Crippen LogP) is 2.19. The Bertz CT molecular complexity index is 190. The Balaban J connectivity index is 0. The van der Waals surface area contributed by atoms with Crippen molar-refractivity contribution in [1.29, 1.82) is 0 Å². The standard InChI is InChI=1S/C8H11NO.C2H6/c1-3-5-7(6-10)8(9)4-2;1-2/h3-6H,1,9H2,2H3;1-2H3/b7-5-,8-4+;. The molecule has 2 N–H and O–H groups in total. The number of nitrogens with two attached hydrogens (primary N) is 1. The van der Waals surface area contributed by atoms with Gasteiger partial charge in [0, 0.05) is 11.3 Å². The fourth-order valence-electron chi connectivity index (χ4n) is 0.497. The largest absolute Gasteiger partial charge is 0.398 e. The van der Waals surface area contributed by atoms with E-state index in [-0.39, 0.29) is 0 Å². The molecule has 0 aliphatic heterocycles. The zero-order valence-corrected chi connectivity index (χ0v) is 8.00. The number of allylic oxidation sites excluding steroid dienone is 4. The molecule has 0 heterocycles.